The van der Waals surface area contributed by atoms with Crippen LogP contribution in [0, 0.1) is 5.92 Å². The molecule has 0 unspecified atom stereocenters. The molecule has 0 spiro atoms. The minimum absolute atomic E-state index is 0.0141. The average Bonchev–Trinajstić information content (AvgIpc) is 2.05. The molecular weight excluding hydrogens is 144 g/mol. The van der Waals surface area contributed by atoms with Gasteiger partial charge in [0.15, 0.2) is 0 Å². The molecule has 1 rings (SSSR count). The standard InChI is InChI=1S/C7H14N2O2/c8-6-3-1-5(2-4-6)7(10)11-9/h5-6H,1-4,8-9H2. The molecule has 0 bridgehead atoms. The van der Waals surface area contributed by atoms with Crippen LogP contribution in [0.3, 0.4) is 0 Å². The average molecular weight is 158 g/mol. The van der Waals surface area contributed by atoms with Gasteiger partial charge in [0.05, 0.1) is 5.92 Å². The molecule has 11 heavy (non-hydrogen) atoms. The van der Waals surface area contributed by atoms with E-state index in [0.29, 0.717) is 0 Å². The number of carbonyl (C=O) groups is 1. The topological polar surface area (TPSA) is 78.3 Å². The van der Waals surface area contributed by atoms with Gasteiger partial charge >= 0.3 is 5.97 Å². The van der Waals surface area contributed by atoms with E-state index in [9.17, 15) is 4.79 Å². The first kappa shape index (κ1) is 8.49. The van der Waals surface area contributed by atoms with Gasteiger partial charge in [-0.1, -0.05) is 0 Å². The molecule has 0 aliphatic heterocycles. The highest BCUT2D eigenvalue weighted by Crippen LogP contribution is 2.23. The Bertz CT molecular complexity index is 141. The summed E-state index contributed by atoms with van der Waals surface area (Å²) in [5.74, 6) is 4.45. The largest absolute Gasteiger partial charge is 0.373 e. The zero-order chi connectivity index (χ0) is 8.27. The third-order valence-electron chi connectivity index (χ3n) is 2.22. The van der Waals surface area contributed by atoms with E-state index in [4.69, 9.17) is 11.6 Å². The smallest absolute Gasteiger partial charge is 0.327 e. The van der Waals surface area contributed by atoms with Crippen LogP contribution in [-0.2, 0) is 9.63 Å². The molecule has 4 nitrogen and oxygen atoms in total. The fourth-order valence-corrected chi connectivity index (χ4v) is 1.45. The fourth-order valence-electron chi connectivity index (χ4n) is 1.45. The number of nitrogens with two attached hydrogens (primary N) is 2. The van der Waals surface area contributed by atoms with Crippen molar-refractivity contribution in [3.8, 4) is 0 Å². The molecule has 1 saturated carbocycles. The van der Waals surface area contributed by atoms with Crippen LogP contribution in [0.4, 0.5) is 0 Å². The Hall–Kier alpha value is -0.610. The van der Waals surface area contributed by atoms with E-state index in [0.717, 1.165) is 25.7 Å². The van der Waals surface area contributed by atoms with Gasteiger partial charge in [-0.15, -0.1) is 0 Å². The van der Waals surface area contributed by atoms with Crippen LogP contribution in [0.5, 0.6) is 0 Å². The van der Waals surface area contributed by atoms with Gasteiger partial charge in [0, 0.05) is 6.04 Å². The van der Waals surface area contributed by atoms with E-state index in [2.05, 4.69) is 4.84 Å². The molecule has 4 N–H and O–H groups in total. The Morgan fingerprint density at radius 3 is 2.27 bits per heavy atom. The second-order valence-corrected chi connectivity index (χ2v) is 3.05. The van der Waals surface area contributed by atoms with Gasteiger partial charge in [0.25, 0.3) is 0 Å². The lowest BCUT2D eigenvalue weighted by Crippen LogP contribution is -2.31. The first-order valence-corrected chi connectivity index (χ1v) is 3.90. The Morgan fingerprint density at radius 1 is 1.27 bits per heavy atom. The maximum absolute atomic E-state index is 10.9. The quantitative estimate of drug-likeness (QED) is 0.523. The number of rotatable bonds is 1. The molecule has 64 valence electrons. The van der Waals surface area contributed by atoms with Crippen molar-refractivity contribution in [3.63, 3.8) is 0 Å². The molecule has 0 saturated heterocycles. The van der Waals surface area contributed by atoms with Crippen molar-refractivity contribution in [2.45, 2.75) is 31.7 Å². The van der Waals surface area contributed by atoms with Crippen LogP contribution in [0.2, 0.25) is 0 Å². The monoisotopic (exact) mass is 158 g/mol. The molecule has 1 fully saturated rings. The lowest BCUT2D eigenvalue weighted by molar-refractivity contribution is -0.150. The number of hydrogen-bond acceptors (Lipinski definition) is 4. The van der Waals surface area contributed by atoms with E-state index in [-0.39, 0.29) is 17.9 Å². The second-order valence-electron chi connectivity index (χ2n) is 3.05. The molecule has 1 aliphatic carbocycles. The minimum Gasteiger partial charge on any atom is -0.373 e. The highest BCUT2D eigenvalue weighted by atomic mass is 16.7. The van der Waals surface area contributed by atoms with Crippen LogP contribution in [0.25, 0.3) is 0 Å². The Labute approximate surface area is 65.8 Å². The highest BCUT2D eigenvalue weighted by Gasteiger charge is 2.25. The molecule has 0 aromatic rings. The van der Waals surface area contributed by atoms with Gasteiger partial charge < -0.3 is 10.6 Å². The third-order valence-corrected chi connectivity index (χ3v) is 2.22. The van der Waals surface area contributed by atoms with Crippen molar-refractivity contribution in [1.29, 1.82) is 0 Å². The Kier molecular flexibility index (Phi) is 2.84. The molecule has 1 aliphatic rings. The van der Waals surface area contributed by atoms with E-state index in [1.807, 2.05) is 0 Å². The van der Waals surface area contributed by atoms with Gasteiger partial charge in [0.2, 0.25) is 0 Å². The van der Waals surface area contributed by atoms with E-state index in [1.165, 1.54) is 0 Å². The maximum atomic E-state index is 10.9. The zero-order valence-electron chi connectivity index (χ0n) is 6.45. The van der Waals surface area contributed by atoms with Crippen molar-refractivity contribution >= 4 is 5.97 Å². The molecule has 0 aromatic carbocycles. The van der Waals surface area contributed by atoms with Crippen molar-refractivity contribution in [3.05, 3.63) is 0 Å². The summed E-state index contributed by atoms with van der Waals surface area (Å²) in [7, 11) is 0. The summed E-state index contributed by atoms with van der Waals surface area (Å²) >= 11 is 0. The minimum atomic E-state index is -0.295. The summed E-state index contributed by atoms with van der Waals surface area (Å²) in [6.07, 6.45) is 3.44. The van der Waals surface area contributed by atoms with Crippen LogP contribution in [0.1, 0.15) is 25.7 Å². The van der Waals surface area contributed by atoms with Crippen LogP contribution >= 0.6 is 0 Å². The summed E-state index contributed by atoms with van der Waals surface area (Å²) < 4.78 is 0. The highest BCUT2D eigenvalue weighted by molar-refractivity contribution is 5.72. The Balaban J connectivity index is 2.33. The second kappa shape index (κ2) is 3.69. The molecular formula is C7H14N2O2. The molecule has 4 heteroatoms. The normalized spacial score (nSPS) is 31.5. The van der Waals surface area contributed by atoms with Crippen LogP contribution in [0.15, 0.2) is 0 Å². The van der Waals surface area contributed by atoms with E-state index >= 15 is 0 Å². The summed E-state index contributed by atoms with van der Waals surface area (Å²) in [5, 5.41) is 0. The van der Waals surface area contributed by atoms with Gasteiger partial charge in [-0.05, 0) is 25.7 Å². The summed E-state index contributed by atoms with van der Waals surface area (Å²) in [4.78, 5) is 15.0. The number of carbonyl (C=O) groups excluding carboxylic acids is 1. The lowest BCUT2D eigenvalue weighted by atomic mass is 9.87. The maximum Gasteiger partial charge on any atom is 0.327 e. The van der Waals surface area contributed by atoms with Crippen LogP contribution in [-0.4, -0.2) is 12.0 Å². The van der Waals surface area contributed by atoms with Crippen LogP contribution < -0.4 is 11.6 Å². The molecule has 0 heterocycles. The van der Waals surface area contributed by atoms with Crippen molar-refractivity contribution in [1.82, 2.24) is 0 Å². The van der Waals surface area contributed by atoms with Gasteiger partial charge in [-0.3, -0.25) is 4.79 Å². The third kappa shape index (κ3) is 2.17. The van der Waals surface area contributed by atoms with Gasteiger partial charge in [0.1, 0.15) is 0 Å². The number of hydrogen-bond donors (Lipinski definition) is 2. The Morgan fingerprint density at radius 2 is 1.82 bits per heavy atom. The van der Waals surface area contributed by atoms with Crippen molar-refractivity contribution < 1.29 is 9.63 Å². The fraction of sp³-hybridized carbons (Fsp3) is 0.857. The summed E-state index contributed by atoms with van der Waals surface area (Å²) in [5.41, 5.74) is 5.66. The molecule has 0 aromatic heterocycles. The molecule has 0 atom stereocenters. The van der Waals surface area contributed by atoms with E-state index < -0.39 is 0 Å². The predicted molar refractivity (Wildman–Crippen MR) is 40.2 cm³/mol. The van der Waals surface area contributed by atoms with Gasteiger partial charge in [-0.2, -0.15) is 5.90 Å². The first-order valence-electron chi connectivity index (χ1n) is 3.90. The summed E-state index contributed by atoms with van der Waals surface area (Å²) in [6.45, 7) is 0. The lowest BCUT2D eigenvalue weighted by Gasteiger charge is -2.23. The van der Waals surface area contributed by atoms with Crippen molar-refractivity contribution in [2.75, 3.05) is 0 Å². The zero-order valence-corrected chi connectivity index (χ0v) is 6.45. The molecule has 0 radical (unpaired) electrons. The van der Waals surface area contributed by atoms with Crippen molar-refractivity contribution in [2.24, 2.45) is 17.5 Å². The summed E-state index contributed by atoms with van der Waals surface area (Å²) in [6, 6.07) is 0.261. The molecule has 0 amide bonds. The SMILES string of the molecule is NOC(=O)C1CCC(N)CC1. The predicted octanol–water partition coefficient (Wildman–Crippen LogP) is -0.0792. The van der Waals surface area contributed by atoms with Gasteiger partial charge in [-0.25, -0.2) is 0 Å². The van der Waals surface area contributed by atoms with E-state index in [1.54, 1.807) is 0 Å². The first-order chi connectivity index (χ1) is 5.24.